The van der Waals surface area contributed by atoms with Crippen LogP contribution in [0.25, 0.3) is 11.1 Å². The number of carbonyl (C=O) groups excluding carboxylic acids is 1. The van der Waals surface area contributed by atoms with E-state index in [1.165, 1.54) is 0 Å². The van der Waals surface area contributed by atoms with Gasteiger partial charge in [0.25, 0.3) is 0 Å². The van der Waals surface area contributed by atoms with Gasteiger partial charge in [0.05, 0.1) is 35.5 Å². The van der Waals surface area contributed by atoms with Crippen molar-refractivity contribution in [1.29, 1.82) is 0 Å². The lowest BCUT2D eigenvalue weighted by atomic mass is 9.74. The highest BCUT2D eigenvalue weighted by molar-refractivity contribution is 6.35. The molecule has 3 N–H and O–H groups in total. The summed E-state index contributed by atoms with van der Waals surface area (Å²) in [5.74, 6) is 1.30. The lowest BCUT2D eigenvalue weighted by Crippen LogP contribution is -2.52. The van der Waals surface area contributed by atoms with Crippen LogP contribution in [0.3, 0.4) is 0 Å². The third-order valence-electron chi connectivity index (χ3n) is 5.52. The van der Waals surface area contributed by atoms with Gasteiger partial charge in [-0.05, 0) is 18.9 Å². The van der Waals surface area contributed by atoms with Crippen molar-refractivity contribution >= 4 is 34.4 Å². The Morgan fingerprint density at radius 2 is 2.11 bits per heavy atom. The van der Waals surface area contributed by atoms with E-state index in [4.69, 9.17) is 20.5 Å². The summed E-state index contributed by atoms with van der Waals surface area (Å²) < 4.78 is 11.2. The van der Waals surface area contributed by atoms with Crippen LogP contribution in [0.1, 0.15) is 49.3 Å². The molecule has 0 bridgehead atoms. The van der Waals surface area contributed by atoms with E-state index in [9.17, 15) is 4.79 Å². The fourth-order valence-electron chi connectivity index (χ4n) is 4.32. The summed E-state index contributed by atoms with van der Waals surface area (Å²) in [7, 11) is 0. The Labute approximate surface area is 166 Å². The van der Waals surface area contributed by atoms with E-state index in [1.807, 2.05) is 0 Å². The van der Waals surface area contributed by atoms with Crippen LogP contribution in [0.4, 0.5) is 10.5 Å². The zero-order valence-electron chi connectivity index (χ0n) is 15.2. The van der Waals surface area contributed by atoms with Crippen LogP contribution >= 0.6 is 11.6 Å². The van der Waals surface area contributed by atoms with Gasteiger partial charge >= 0.3 is 6.03 Å². The summed E-state index contributed by atoms with van der Waals surface area (Å²) in [5, 5.41) is 13.4. The minimum atomic E-state index is -0.455. The van der Waals surface area contributed by atoms with Crippen molar-refractivity contribution in [3.8, 4) is 0 Å². The Kier molecular flexibility index (Phi) is 4.25. The van der Waals surface area contributed by atoms with Crippen LogP contribution in [-0.4, -0.2) is 16.2 Å². The Morgan fingerprint density at radius 1 is 1.25 bits per heavy atom. The predicted molar refractivity (Wildman–Crippen MR) is 103 cm³/mol. The molecule has 0 unspecified atom stereocenters. The van der Waals surface area contributed by atoms with E-state index in [-0.39, 0.29) is 6.03 Å². The van der Waals surface area contributed by atoms with Crippen molar-refractivity contribution in [2.45, 2.75) is 50.7 Å². The first-order valence-electron chi connectivity index (χ1n) is 9.46. The van der Waals surface area contributed by atoms with Crippen molar-refractivity contribution in [1.82, 2.24) is 20.8 Å². The van der Waals surface area contributed by atoms with Gasteiger partial charge in [-0.1, -0.05) is 36.0 Å². The molecule has 5 rings (SSSR count). The molecule has 3 heterocycles. The van der Waals surface area contributed by atoms with E-state index in [0.29, 0.717) is 40.8 Å². The van der Waals surface area contributed by atoms with Crippen molar-refractivity contribution in [3.05, 3.63) is 40.6 Å². The Balaban J connectivity index is 1.52. The van der Waals surface area contributed by atoms with Crippen molar-refractivity contribution < 1.29 is 13.7 Å². The highest BCUT2D eigenvalue weighted by Gasteiger charge is 2.44. The van der Waals surface area contributed by atoms with Gasteiger partial charge in [0.15, 0.2) is 5.58 Å². The van der Waals surface area contributed by atoms with E-state index in [1.54, 1.807) is 18.3 Å². The summed E-state index contributed by atoms with van der Waals surface area (Å²) in [6, 6.07) is 3.33. The molecule has 146 valence electrons. The van der Waals surface area contributed by atoms with Gasteiger partial charge in [0.1, 0.15) is 11.3 Å². The molecule has 9 heteroatoms. The van der Waals surface area contributed by atoms with Crippen LogP contribution in [0.5, 0.6) is 0 Å². The number of fused-ring (bicyclic) bond motifs is 4. The summed E-state index contributed by atoms with van der Waals surface area (Å²) in [6.07, 6.45) is 6.60. The van der Waals surface area contributed by atoms with Crippen LogP contribution in [0.2, 0.25) is 5.02 Å². The smallest absolute Gasteiger partial charge is 0.319 e. The van der Waals surface area contributed by atoms with Crippen LogP contribution < -0.4 is 16.0 Å². The molecule has 1 fully saturated rings. The average molecular weight is 402 g/mol. The number of benzene rings is 1. The predicted octanol–water partition coefficient (Wildman–Crippen LogP) is 4.05. The van der Waals surface area contributed by atoms with E-state index in [0.717, 1.165) is 43.4 Å². The number of anilines is 1. The lowest BCUT2D eigenvalue weighted by Gasteiger charge is -2.42. The van der Waals surface area contributed by atoms with Gasteiger partial charge in [0, 0.05) is 11.6 Å². The third kappa shape index (κ3) is 2.93. The Bertz CT molecular complexity index is 1020. The minimum Gasteiger partial charge on any atom is -0.439 e. The topological polar surface area (TPSA) is 105 Å². The molecule has 2 aliphatic rings. The number of carbonyl (C=O) groups is 1. The molecular formula is C19H20ClN5O3. The monoisotopic (exact) mass is 401 g/mol. The molecule has 0 saturated heterocycles. The van der Waals surface area contributed by atoms with Crippen molar-refractivity contribution in [3.63, 3.8) is 0 Å². The molecular weight excluding hydrogens is 382 g/mol. The van der Waals surface area contributed by atoms with Gasteiger partial charge in [-0.2, -0.15) is 0 Å². The highest BCUT2D eigenvalue weighted by atomic mass is 35.5. The number of oxazole rings is 1. The lowest BCUT2D eigenvalue weighted by molar-refractivity contribution is 0.209. The highest BCUT2D eigenvalue weighted by Crippen LogP contribution is 2.48. The van der Waals surface area contributed by atoms with Gasteiger partial charge < -0.3 is 24.9 Å². The molecule has 1 aromatic carbocycles. The standard InChI is InChI=1S/C19H20ClN5O3/c20-12-8-13-17(27-14(23-13)10-21-9-11-4-7-22-28-11)15-16(12)24-18(26)25-19(15)5-2-1-3-6-19/h4,7-8,21H,1-3,5-6,9-10H2,(H2,24,25,26). The number of amides is 2. The number of aromatic nitrogens is 2. The maximum atomic E-state index is 12.3. The minimum absolute atomic E-state index is 0.218. The summed E-state index contributed by atoms with van der Waals surface area (Å²) >= 11 is 6.51. The van der Waals surface area contributed by atoms with Crippen LogP contribution in [0, 0.1) is 0 Å². The number of nitrogens with zero attached hydrogens (tertiary/aromatic N) is 2. The maximum Gasteiger partial charge on any atom is 0.319 e. The fraction of sp³-hybridized carbons (Fsp3) is 0.421. The van der Waals surface area contributed by atoms with Crippen LogP contribution in [-0.2, 0) is 18.6 Å². The summed E-state index contributed by atoms with van der Waals surface area (Å²) in [6.45, 7) is 0.966. The molecule has 1 spiro atoms. The first-order chi connectivity index (χ1) is 13.6. The van der Waals surface area contributed by atoms with Gasteiger partial charge in [-0.25, -0.2) is 9.78 Å². The second-order valence-corrected chi connectivity index (χ2v) is 7.78. The molecule has 2 amide bonds. The number of rotatable bonds is 4. The number of nitrogens with one attached hydrogen (secondary N) is 3. The molecule has 28 heavy (non-hydrogen) atoms. The maximum absolute atomic E-state index is 12.3. The second-order valence-electron chi connectivity index (χ2n) is 7.37. The number of hydrogen-bond donors (Lipinski definition) is 3. The molecule has 1 aliphatic heterocycles. The van der Waals surface area contributed by atoms with Crippen molar-refractivity contribution in [2.24, 2.45) is 0 Å². The Morgan fingerprint density at radius 3 is 2.89 bits per heavy atom. The number of halogens is 1. The molecule has 0 radical (unpaired) electrons. The quantitative estimate of drug-likeness (QED) is 0.609. The van der Waals surface area contributed by atoms with Gasteiger partial charge in [0.2, 0.25) is 5.89 Å². The van der Waals surface area contributed by atoms with E-state index >= 15 is 0 Å². The fourth-order valence-corrected chi connectivity index (χ4v) is 4.56. The molecule has 0 atom stereocenters. The first kappa shape index (κ1) is 17.5. The van der Waals surface area contributed by atoms with Crippen LogP contribution in [0.15, 0.2) is 27.3 Å². The first-order valence-corrected chi connectivity index (χ1v) is 9.84. The normalized spacial score (nSPS) is 18.1. The summed E-state index contributed by atoms with van der Waals surface area (Å²) in [4.78, 5) is 16.9. The number of urea groups is 1. The summed E-state index contributed by atoms with van der Waals surface area (Å²) in [5.41, 5.74) is 2.48. The number of hydrogen-bond acceptors (Lipinski definition) is 6. The van der Waals surface area contributed by atoms with Gasteiger partial charge in [-0.15, -0.1) is 0 Å². The largest absolute Gasteiger partial charge is 0.439 e. The van der Waals surface area contributed by atoms with E-state index in [2.05, 4.69) is 26.1 Å². The SMILES string of the molecule is O=C1Nc2c(Cl)cc3nc(CNCc4ccno4)oc3c2C2(CCCCC2)N1. The molecule has 1 saturated carbocycles. The third-order valence-corrected chi connectivity index (χ3v) is 5.82. The molecule has 1 aliphatic carbocycles. The zero-order valence-corrected chi connectivity index (χ0v) is 15.9. The average Bonchev–Trinajstić information content (AvgIpc) is 3.32. The Hall–Kier alpha value is -2.58. The van der Waals surface area contributed by atoms with Crippen molar-refractivity contribution in [2.75, 3.05) is 5.32 Å². The van der Waals surface area contributed by atoms with Gasteiger partial charge in [-0.3, -0.25) is 0 Å². The molecule has 2 aromatic heterocycles. The van der Waals surface area contributed by atoms with E-state index < -0.39 is 5.54 Å². The molecule has 3 aromatic rings. The zero-order chi connectivity index (χ0) is 19.1. The molecule has 8 nitrogen and oxygen atoms in total. The second kappa shape index (κ2) is 6.79.